The van der Waals surface area contributed by atoms with Crippen LogP contribution in [0.25, 0.3) is 0 Å². The Morgan fingerprint density at radius 3 is 2.38 bits per heavy atom. The minimum absolute atomic E-state index is 0.180. The molecule has 0 rings (SSSR count). The fraction of sp³-hybridized carbons (Fsp3) is 0.833. The molecule has 2 nitrogen and oxygen atoms in total. The standard InChI is InChI=1S/C18H36O2Si/c1-8-9-10-11-12-13-14-16(2)17(19)15-20-21(6,7)18(3,4)5/h13,17,19H,8-12,15H2,1-7H3/t14?,17-/m1/s1. The van der Waals surface area contributed by atoms with Crippen LogP contribution >= 0.6 is 0 Å². The Balaban J connectivity index is 4.26. The first kappa shape index (κ1) is 20.7. The van der Waals surface area contributed by atoms with E-state index in [-0.39, 0.29) is 5.04 Å². The van der Waals surface area contributed by atoms with Crippen molar-refractivity contribution >= 4 is 8.32 Å². The second-order valence-corrected chi connectivity index (χ2v) is 12.3. The van der Waals surface area contributed by atoms with Gasteiger partial charge in [-0.25, -0.2) is 0 Å². The van der Waals surface area contributed by atoms with Crippen LogP contribution in [0.4, 0.5) is 0 Å². The molecule has 3 heteroatoms. The SMILES string of the molecule is CCCCCCC=C=C(C)[C@H](O)CO[Si](C)(C)C(C)(C)C. The average Bonchev–Trinajstić information content (AvgIpc) is 2.38. The highest BCUT2D eigenvalue weighted by molar-refractivity contribution is 6.74. The van der Waals surface area contributed by atoms with Gasteiger partial charge in [0.2, 0.25) is 0 Å². The first-order valence-corrected chi connectivity index (χ1v) is 11.3. The van der Waals surface area contributed by atoms with E-state index in [0.29, 0.717) is 6.61 Å². The summed E-state index contributed by atoms with van der Waals surface area (Å²) in [6.45, 7) is 15.6. The topological polar surface area (TPSA) is 29.5 Å². The van der Waals surface area contributed by atoms with Gasteiger partial charge in [-0.3, -0.25) is 0 Å². The Morgan fingerprint density at radius 2 is 1.86 bits per heavy atom. The second-order valence-electron chi connectivity index (χ2n) is 7.47. The van der Waals surface area contributed by atoms with Gasteiger partial charge in [-0.05, 0) is 49.5 Å². The molecule has 0 aliphatic heterocycles. The molecular weight excluding hydrogens is 276 g/mol. The number of aliphatic hydroxyl groups excluding tert-OH is 1. The van der Waals surface area contributed by atoms with E-state index in [1.807, 2.05) is 6.92 Å². The molecule has 1 atom stereocenters. The summed E-state index contributed by atoms with van der Waals surface area (Å²) >= 11 is 0. The number of rotatable bonds is 9. The van der Waals surface area contributed by atoms with Gasteiger partial charge in [-0.2, -0.15) is 0 Å². The van der Waals surface area contributed by atoms with Crippen molar-refractivity contribution in [2.75, 3.05) is 6.61 Å². The summed E-state index contributed by atoms with van der Waals surface area (Å²) in [6, 6.07) is 0. The van der Waals surface area contributed by atoms with E-state index in [1.54, 1.807) is 0 Å². The van der Waals surface area contributed by atoms with Gasteiger partial charge in [0.25, 0.3) is 0 Å². The summed E-state index contributed by atoms with van der Waals surface area (Å²) in [5.74, 6) is 0. The van der Waals surface area contributed by atoms with Crippen LogP contribution in [0.15, 0.2) is 17.4 Å². The van der Waals surface area contributed by atoms with Gasteiger partial charge < -0.3 is 9.53 Å². The average molecular weight is 313 g/mol. The predicted molar refractivity (Wildman–Crippen MR) is 95.2 cm³/mol. The summed E-state index contributed by atoms with van der Waals surface area (Å²) < 4.78 is 6.05. The Kier molecular flexibility index (Phi) is 9.47. The monoisotopic (exact) mass is 312 g/mol. The fourth-order valence-electron chi connectivity index (χ4n) is 1.63. The molecule has 0 aromatic heterocycles. The van der Waals surface area contributed by atoms with E-state index in [1.165, 1.54) is 25.7 Å². The van der Waals surface area contributed by atoms with Gasteiger partial charge in [0.1, 0.15) is 6.10 Å². The van der Waals surface area contributed by atoms with Crippen molar-refractivity contribution in [3.63, 3.8) is 0 Å². The third-order valence-electron chi connectivity index (χ3n) is 4.44. The van der Waals surface area contributed by atoms with Crippen molar-refractivity contribution in [2.45, 2.75) is 91.0 Å². The van der Waals surface area contributed by atoms with Crippen LogP contribution in [0, 0.1) is 0 Å². The first-order chi connectivity index (χ1) is 9.62. The quantitative estimate of drug-likeness (QED) is 0.349. The zero-order valence-electron chi connectivity index (χ0n) is 15.3. The van der Waals surface area contributed by atoms with E-state index in [0.717, 1.165) is 12.0 Å². The molecule has 0 spiro atoms. The molecule has 0 unspecified atom stereocenters. The van der Waals surface area contributed by atoms with Crippen LogP contribution in [0.3, 0.4) is 0 Å². The molecule has 0 amide bonds. The highest BCUT2D eigenvalue weighted by Crippen LogP contribution is 2.36. The highest BCUT2D eigenvalue weighted by Gasteiger charge is 2.37. The van der Waals surface area contributed by atoms with Crippen LogP contribution in [0.2, 0.25) is 18.1 Å². The molecule has 0 fully saturated rings. The van der Waals surface area contributed by atoms with Gasteiger partial charge >= 0.3 is 0 Å². The molecule has 1 N–H and O–H groups in total. The molecule has 21 heavy (non-hydrogen) atoms. The minimum atomic E-state index is -1.78. The smallest absolute Gasteiger partial charge is 0.192 e. The van der Waals surface area contributed by atoms with E-state index < -0.39 is 14.4 Å². The molecule has 0 aromatic carbocycles. The lowest BCUT2D eigenvalue weighted by Gasteiger charge is -2.36. The fourth-order valence-corrected chi connectivity index (χ4v) is 2.64. The largest absolute Gasteiger partial charge is 0.414 e. The zero-order valence-corrected chi connectivity index (χ0v) is 16.3. The number of hydrogen-bond donors (Lipinski definition) is 1. The van der Waals surface area contributed by atoms with Crippen LogP contribution in [0.5, 0.6) is 0 Å². The first-order valence-electron chi connectivity index (χ1n) is 8.35. The van der Waals surface area contributed by atoms with Crippen molar-refractivity contribution in [1.29, 1.82) is 0 Å². The Morgan fingerprint density at radius 1 is 1.24 bits per heavy atom. The molecule has 0 radical (unpaired) electrons. The van der Waals surface area contributed by atoms with Gasteiger partial charge in [-0.1, -0.05) is 47.0 Å². The molecule has 0 aromatic rings. The molecule has 0 aliphatic carbocycles. The van der Waals surface area contributed by atoms with Crippen LogP contribution in [-0.4, -0.2) is 26.1 Å². The Hall–Kier alpha value is -0.343. The van der Waals surface area contributed by atoms with E-state index in [9.17, 15) is 5.11 Å². The lowest BCUT2D eigenvalue weighted by molar-refractivity contribution is 0.127. The second kappa shape index (κ2) is 9.63. The maximum absolute atomic E-state index is 10.2. The molecule has 0 saturated heterocycles. The van der Waals surface area contributed by atoms with Crippen LogP contribution < -0.4 is 0 Å². The maximum Gasteiger partial charge on any atom is 0.192 e. The highest BCUT2D eigenvalue weighted by atomic mass is 28.4. The van der Waals surface area contributed by atoms with Gasteiger partial charge in [0.15, 0.2) is 8.32 Å². The van der Waals surface area contributed by atoms with Gasteiger partial charge in [0, 0.05) is 0 Å². The normalized spacial score (nSPS) is 13.7. The summed E-state index contributed by atoms with van der Waals surface area (Å²) in [6.07, 6.45) is 7.64. The van der Waals surface area contributed by atoms with E-state index >= 15 is 0 Å². The Bertz CT molecular complexity index is 347. The van der Waals surface area contributed by atoms with E-state index in [4.69, 9.17) is 4.43 Å². The van der Waals surface area contributed by atoms with E-state index in [2.05, 4.69) is 52.6 Å². The number of unbranched alkanes of at least 4 members (excludes halogenated alkanes) is 4. The molecule has 0 saturated carbocycles. The maximum atomic E-state index is 10.2. The van der Waals surface area contributed by atoms with Crippen molar-refractivity contribution in [3.8, 4) is 0 Å². The number of aliphatic hydroxyl groups is 1. The third-order valence-corrected chi connectivity index (χ3v) is 8.94. The molecule has 0 bridgehead atoms. The molecule has 0 aliphatic rings. The van der Waals surface area contributed by atoms with Crippen molar-refractivity contribution in [1.82, 2.24) is 0 Å². The predicted octanol–water partition coefficient (Wildman–Crippen LogP) is 5.44. The van der Waals surface area contributed by atoms with Gasteiger partial charge in [0.05, 0.1) is 6.61 Å². The summed E-state index contributed by atoms with van der Waals surface area (Å²) in [7, 11) is -1.78. The number of hydrogen-bond acceptors (Lipinski definition) is 2. The van der Waals surface area contributed by atoms with Crippen molar-refractivity contribution < 1.29 is 9.53 Å². The summed E-state index contributed by atoms with van der Waals surface area (Å²) in [5.41, 5.74) is 4.09. The minimum Gasteiger partial charge on any atom is -0.414 e. The molecule has 0 heterocycles. The molecule has 124 valence electrons. The lowest BCUT2D eigenvalue weighted by atomic mass is 10.1. The van der Waals surface area contributed by atoms with Crippen LogP contribution in [-0.2, 0) is 4.43 Å². The van der Waals surface area contributed by atoms with Gasteiger partial charge in [-0.15, -0.1) is 5.73 Å². The van der Waals surface area contributed by atoms with Crippen molar-refractivity contribution in [3.05, 3.63) is 17.4 Å². The summed E-state index contributed by atoms with van der Waals surface area (Å²) in [4.78, 5) is 0. The summed E-state index contributed by atoms with van der Waals surface area (Å²) in [5, 5.41) is 10.3. The third kappa shape index (κ3) is 8.62. The van der Waals surface area contributed by atoms with Crippen molar-refractivity contribution in [2.24, 2.45) is 0 Å². The zero-order chi connectivity index (χ0) is 16.5. The Labute approximate surface area is 133 Å². The van der Waals surface area contributed by atoms with Crippen LogP contribution in [0.1, 0.15) is 66.7 Å². The molecular formula is C18H36O2Si. The lowest BCUT2D eigenvalue weighted by Crippen LogP contribution is -2.42.